The number of hydrogen-bond donors (Lipinski definition) is 2. The third-order valence-corrected chi connectivity index (χ3v) is 2.51. The Hall–Kier alpha value is -2.31. The number of cyclic esters (lactones) is 1. The predicted molar refractivity (Wildman–Crippen MR) is 56.6 cm³/mol. The molecule has 1 fully saturated rings. The molecule has 1 amide bonds. The van der Waals surface area contributed by atoms with Crippen LogP contribution in [0.4, 0.5) is 10.5 Å². The normalized spacial score (nSPS) is 19.3. The summed E-state index contributed by atoms with van der Waals surface area (Å²) in [5, 5.41) is 22.7. The van der Waals surface area contributed by atoms with Crippen LogP contribution in [-0.2, 0) is 4.74 Å². The number of carbonyl (C=O) groups excluding carboxylic acids is 1. The van der Waals surface area contributed by atoms with Gasteiger partial charge >= 0.3 is 6.09 Å². The first kappa shape index (κ1) is 11.2. The summed E-state index contributed by atoms with van der Waals surface area (Å²) in [6.45, 7) is 0.198. The van der Waals surface area contributed by atoms with Gasteiger partial charge in [-0.05, 0) is 12.1 Å². The number of phenols is 1. The van der Waals surface area contributed by atoms with Crippen LogP contribution < -0.4 is 5.32 Å². The average molecular weight is 238 g/mol. The molecule has 7 nitrogen and oxygen atoms in total. The molecule has 1 aliphatic rings. The maximum Gasteiger partial charge on any atom is 0.407 e. The van der Waals surface area contributed by atoms with Crippen molar-refractivity contribution in [1.82, 2.24) is 5.32 Å². The van der Waals surface area contributed by atoms with Crippen LogP contribution in [0.5, 0.6) is 5.75 Å². The molecule has 1 atom stereocenters. The molecule has 2 N–H and O–H groups in total. The van der Waals surface area contributed by atoms with E-state index in [9.17, 15) is 20.0 Å². The second kappa shape index (κ2) is 4.28. The summed E-state index contributed by atoms with van der Waals surface area (Å²) in [6.07, 6.45) is -0.186. The average Bonchev–Trinajstić information content (AvgIpc) is 2.28. The molecule has 1 aliphatic heterocycles. The highest BCUT2D eigenvalue weighted by atomic mass is 16.6. The number of carbonyl (C=O) groups is 1. The number of nitro groups is 1. The van der Waals surface area contributed by atoms with Gasteiger partial charge in [0.25, 0.3) is 5.69 Å². The highest BCUT2D eigenvalue weighted by Gasteiger charge is 2.27. The Morgan fingerprint density at radius 1 is 1.53 bits per heavy atom. The first-order valence-electron chi connectivity index (χ1n) is 4.98. The molecule has 0 saturated carbocycles. The van der Waals surface area contributed by atoms with E-state index in [0.29, 0.717) is 6.42 Å². The minimum Gasteiger partial charge on any atom is -0.508 e. The molecule has 1 aromatic rings. The fourth-order valence-corrected chi connectivity index (χ4v) is 1.75. The van der Waals surface area contributed by atoms with Gasteiger partial charge in [0.1, 0.15) is 5.75 Å². The molecule has 0 aromatic heterocycles. The van der Waals surface area contributed by atoms with Crippen molar-refractivity contribution in [3.05, 3.63) is 33.9 Å². The number of hydrogen-bond acceptors (Lipinski definition) is 5. The van der Waals surface area contributed by atoms with E-state index in [-0.39, 0.29) is 23.6 Å². The molecule has 0 bridgehead atoms. The molecule has 0 radical (unpaired) electrons. The van der Waals surface area contributed by atoms with Crippen LogP contribution >= 0.6 is 0 Å². The third kappa shape index (κ3) is 2.27. The van der Waals surface area contributed by atoms with Crippen molar-refractivity contribution in [3.8, 4) is 5.75 Å². The topological polar surface area (TPSA) is 102 Å². The largest absolute Gasteiger partial charge is 0.508 e. The molecular weight excluding hydrogens is 228 g/mol. The van der Waals surface area contributed by atoms with Gasteiger partial charge in [-0.3, -0.25) is 10.1 Å². The Kier molecular flexibility index (Phi) is 2.82. The molecule has 0 unspecified atom stereocenters. The van der Waals surface area contributed by atoms with Gasteiger partial charge in [0.2, 0.25) is 0 Å². The number of aromatic hydroxyl groups is 1. The second-order valence-corrected chi connectivity index (χ2v) is 3.62. The van der Waals surface area contributed by atoms with Gasteiger partial charge in [0.15, 0.2) is 0 Å². The van der Waals surface area contributed by atoms with Gasteiger partial charge < -0.3 is 15.2 Å². The maximum atomic E-state index is 11.0. The predicted octanol–water partition coefficient (Wildman–Crippen LogP) is 1.47. The number of benzene rings is 1. The van der Waals surface area contributed by atoms with Crippen molar-refractivity contribution in [2.75, 3.05) is 6.61 Å². The maximum absolute atomic E-state index is 11.0. The molecule has 1 heterocycles. The number of ether oxygens (including phenoxy) is 1. The Morgan fingerprint density at radius 3 is 2.94 bits per heavy atom. The lowest BCUT2D eigenvalue weighted by molar-refractivity contribution is -0.385. The van der Waals surface area contributed by atoms with Gasteiger partial charge in [-0.15, -0.1) is 0 Å². The number of amides is 1. The number of nitrogens with one attached hydrogen (secondary N) is 1. The minimum absolute atomic E-state index is 0.0775. The molecular formula is C10H10N2O5. The smallest absolute Gasteiger partial charge is 0.407 e. The van der Waals surface area contributed by atoms with Crippen molar-refractivity contribution in [2.45, 2.75) is 12.5 Å². The molecule has 0 spiro atoms. The molecule has 1 saturated heterocycles. The van der Waals surface area contributed by atoms with Crippen LogP contribution in [-0.4, -0.2) is 22.7 Å². The fourth-order valence-electron chi connectivity index (χ4n) is 1.75. The number of alkyl carbamates (subject to hydrolysis) is 1. The Balaban J connectivity index is 2.38. The summed E-state index contributed by atoms with van der Waals surface area (Å²) in [4.78, 5) is 21.3. The molecule has 90 valence electrons. The SMILES string of the molecule is O=C1N[C@H](c2cc(O)ccc2[N+](=O)[O-])CCO1. The third-order valence-electron chi connectivity index (χ3n) is 2.51. The summed E-state index contributed by atoms with van der Waals surface area (Å²) in [5.41, 5.74) is 0.154. The molecule has 17 heavy (non-hydrogen) atoms. The summed E-state index contributed by atoms with van der Waals surface area (Å²) >= 11 is 0. The Labute approximate surface area is 96.2 Å². The molecule has 7 heteroatoms. The monoisotopic (exact) mass is 238 g/mol. The van der Waals surface area contributed by atoms with Gasteiger partial charge in [0, 0.05) is 12.5 Å². The number of nitro benzene ring substituents is 1. The lowest BCUT2D eigenvalue weighted by Gasteiger charge is -2.23. The standard InChI is InChI=1S/C10H10N2O5/c13-6-1-2-9(12(15)16)7(5-6)8-3-4-17-10(14)11-8/h1-2,5,8,13H,3-4H2,(H,11,14)/t8-/m0/s1. The van der Waals surface area contributed by atoms with Crippen LogP contribution in [0.1, 0.15) is 18.0 Å². The highest BCUT2D eigenvalue weighted by molar-refractivity contribution is 5.69. The van der Waals surface area contributed by atoms with E-state index < -0.39 is 17.1 Å². The van der Waals surface area contributed by atoms with E-state index in [1.54, 1.807) is 0 Å². The lowest BCUT2D eigenvalue weighted by Crippen LogP contribution is -2.35. The quantitative estimate of drug-likeness (QED) is 0.600. The summed E-state index contributed by atoms with van der Waals surface area (Å²) in [5.74, 6) is -0.0775. The molecule has 0 aliphatic carbocycles. The zero-order valence-electron chi connectivity index (χ0n) is 8.75. The Bertz CT molecular complexity index is 474. The van der Waals surface area contributed by atoms with E-state index in [1.165, 1.54) is 18.2 Å². The number of nitrogens with zero attached hydrogens (tertiary/aromatic N) is 1. The highest BCUT2D eigenvalue weighted by Crippen LogP contribution is 2.31. The van der Waals surface area contributed by atoms with E-state index in [2.05, 4.69) is 10.1 Å². The van der Waals surface area contributed by atoms with Crippen LogP contribution in [0.15, 0.2) is 18.2 Å². The van der Waals surface area contributed by atoms with E-state index >= 15 is 0 Å². The first-order valence-corrected chi connectivity index (χ1v) is 4.98. The minimum atomic E-state index is -0.612. The van der Waals surface area contributed by atoms with Crippen molar-refractivity contribution in [3.63, 3.8) is 0 Å². The molecule has 1 aromatic carbocycles. The van der Waals surface area contributed by atoms with Gasteiger partial charge in [-0.1, -0.05) is 0 Å². The van der Waals surface area contributed by atoms with E-state index in [1.807, 2.05) is 0 Å². The fraction of sp³-hybridized carbons (Fsp3) is 0.300. The van der Waals surface area contributed by atoms with Crippen LogP contribution in [0.2, 0.25) is 0 Å². The summed E-state index contributed by atoms with van der Waals surface area (Å²) < 4.78 is 4.68. The summed E-state index contributed by atoms with van der Waals surface area (Å²) in [6, 6.07) is 3.23. The van der Waals surface area contributed by atoms with Crippen molar-refractivity contribution >= 4 is 11.8 Å². The van der Waals surface area contributed by atoms with E-state index in [4.69, 9.17) is 0 Å². The van der Waals surface area contributed by atoms with E-state index in [0.717, 1.165) is 0 Å². The van der Waals surface area contributed by atoms with Crippen LogP contribution in [0.3, 0.4) is 0 Å². The second-order valence-electron chi connectivity index (χ2n) is 3.62. The molecule has 2 rings (SSSR count). The van der Waals surface area contributed by atoms with Gasteiger partial charge in [0.05, 0.1) is 23.1 Å². The number of rotatable bonds is 2. The summed E-state index contributed by atoms with van der Waals surface area (Å²) in [7, 11) is 0. The van der Waals surface area contributed by atoms with Crippen molar-refractivity contribution < 1.29 is 19.6 Å². The van der Waals surface area contributed by atoms with Crippen molar-refractivity contribution in [2.24, 2.45) is 0 Å². The lowest BCUT2D eigenvalue weighted by atomic mass is 10.0. The van der Waals surface area contributed by atoms with Crippen LogP contribution in [0.25, 0.3) is 0 Å². The van der Waals surface area contributed by atoms with Crippen molar-refractivity contribution in [1.29, 1.82) is 0 Å². The Morgan fingerprint density at radius 2 is 2.29 bits per heavy atom. The zero-order chi connectivity index (χ0) is 12.4. The first-order chi connectivity index (χ1) is 8.08. The zero-order valence-corrected chi connectivity index (χ0v) is 8.75. The van der Waals surface area contributed by atoms with Gasteiger partial charge in [-0.25, -0.2) is 4.79 Å². The van der Waals surface area contributed by atoms with Gasteiger partial charge in [-0.2, -0.15) is 0 Å². The number of phenolic OH excluding ortho intramolecular Hbond substituents is 1. The van der Waals surface area contributed by atoms with Crippen LogP contribution in [0, 0.1) is 10.1 Å².